The van der Waals surface area contributed by atoms with Gasteiger partial charge in [-0.2, -0.15) is 0 Å². The number of methoxy groups -OCH3 is 1. The summed E-state index contributed by atoms with van der Waals surface area (Å²) in [7, 11) is 1.26. The van der Waals surface area contributed by atoms with Gasteiger partial charge in [0.05, 0.1) is 19.8 Å². The van der Waals surface area contributed by atoms with E-state index in [1.807, 2.05) is 0 Å². The van der Waals surface area contributed by atoms with Crippen LogP contribution in [0.3, 0.4) is 0 Å². The molecule has 65 valence electrons. The molecule has 0 N–H and O–H groups in total. The SMILES string of the molecule is COC(=O)OC[CH]c1ccco1. The molecule has 1 aromatic heterocycles. The molecule has 1 heterocycles. The van der Waals surface area contributed by atoms with Gasteiger partial charge in [0.2, 0.25) is 0 Å². The molecule has 4 heteroatoms. The minimum atomic E-state index is -0.696. The molecule has 1 rings (SSSR count). The van der Waals surface area contributed by atoms with Crippen molar-refractivity contribution in [1.82, 2.24) is 0 Å². The van der Waals surface area contributed by atoms with E-state index in [-0.39, 0.29) is 6.61 Å². The summed E-state index contributed by atoms with van der Waals surface area (Å²) in [5, 5.41) is 0. The molecule has 0 unspecified atom stereocenters. The molecule has 0 fully saturated rings. The number of carbonyl (C=O) groups is 1. The third kappa shape index (κ3) is 2.65. The Balaban J connectivity index is 2.15. The number of furan rings is 1. The van der Waals surface area contributed by atoms with Crippen molar-refractivity contribution < 1.29 is 18.7 Å². The topological polar surface area (TPSA) is 48.7 Å². The number of hydrogen-bond donors (Lipinski definition) is 0. The number of carbonyl (C=O) groups excluding carboxylic acids is 1. The lowest BCUT2D eigenvalue weighted by atomic mass is 10.3. The first-order chi connectivity index (χ1) is 5.83. The Morgan fingerprint density at radius 1 is 1.75 bits per heavy atom. The zero-order chi connectivity index (χ0) is 8.81. The summed E-state index contributed by atoms with van der Waals surface area (Å²) in [6.07, 6.45) is 2.48. The Kier molecular flexibility index (Phi) is 3.19. The molecule has 0 amide bonds. The standard InChI is InChI=1S/C8H9O4/c1-10-8(9)12-6-4-7-3-2-5-11-7/h2-5H,6H2,1H3. The van der Waals surface area contributed by atoms with Crippen LogP contribution < -0.4 is 0 Å². The van der Waals surface area contributed by atoms with Crippen molar-refractivity contribution in [2.24, 2.45) is 0 Å². The van der Waals surface area contributed by atoms with Crippen LogP contribution in [0.4, 0.5) is 4.79 Å². The molecule has 0 aliphatic heterocycles. The second kappa shape index (κ2) is 4.43. The van der Waals surface area contributed by atoms with E-state index >= 15 is 0 Å². The van der Waals surface area contributed by atoms with Gasteiger partial charge in [-0.1, -0.05) is 0 Å². The van der Waals surface area contributed by atoms with Gasteiger partial charge >= 0.3 is 6.16 Å². The molecule has 4 nitrogen and oxygen atoms in total. The van der Waals surface area contributed by atoms with Crippen molar-refractivity contribution in [1.29, 1.82) is 0 Å². The summed E-state index contributed by atoms with van der Waals surface area (Å²) in [4.78, 5) is 10.4. The van der Waals surface area contributed by atoms with E-state index in [9.17, 15) is 4.79 Å². The van der Waals surface area contributed by atoms with Gasteiger partial charge in [0.1, 0.15) is 12.4 Å². The molecular formula is C8H9O4. The van der Waals surface area contributed by atoms with Crippen LogP contribution in [0.25, 0.3) is 0 Å². The highest BCUT2D eigenvalue weighted by molar-refractivity contribution is 5.59. The fourth-order valence-electron chi connectivity index (χ4n) is 0.658. The summed E-state index contributed by atoms with van der Waals surface area (Å²) in [6, 6.07) is 3.52. The molecule has 1 radical (unpaired) electrons. The first kappa shape index (κ1) is 8.64. The summed E-state index contributed by atoms with van der Waals surface area (Å²) >= 11 is 0. The van der Waals surface area contributed by atoms with Gasteiger partial charge in [-0.05, 0) is 12.1 Å². The maximum Gasteiger partial charge on any atom is 0.508 e. The fraction of sp³-hybridized carbons (Fsp3) is 0.250. The second-order valence-electron chi connectivity index (χ2n) is 1.98. The van der Waals surface area contributed by atoms with Crippen LogP contribution in [-0.4, -0.2) is 19.9 Å². The molecule has 0 aliphatic rings. The van der Waals surface area contributed by atoms with Crippen LogP contribution in [-0.2, 0) is 9.47 Å². The van der Waals surface area contributed by atoms with E-state index in [0.717, 1.165) is 0 Å². The van der Waals surface area contributed by atoms with E-state index in [1.165, 1.54) is 7.11 Å². The van der Waals surface area contributed by atoms with Crippen molar-refractivity contribution in [2.45, 2.75) is 0 Å². The predicted octanol–water partition coefficient (Wildman–Crippen LogP) is 1.61. The molecule has 12 heavy (non-hydrogen) atoms. The second-order valence-corrected chi connectivity index (χ2v) is 1.98. The van der Waals surface area contributed by atoms with Crippen LogP contribution in [0.2, 0.25) is 0 Å². The summed E-state index contributed by atoms with van der Waals surface area (Å²) < 4.78 is 13.8. The first-order valence-electron chi connectivity index (χ1n) is 3.40. The maximum absolute atomic E-state index is 10.4. The molecule has 0 saturated carbocycles. The summed E-state index contributed by atoms with van der Waals surface area (Å²) in [5.74, 6) is 0.666. The Labute approximate surface area is 70.1 Å². The van der Waals surface area contributed by atoms with Crippen molar-refractivity contribution in [3.05, 3.63) is 30.6 Å². The smallest absolute Gasteiger partial charge is 0.469 e. The largest absolute Gasteiger partial charge is 0.508 e. The molecule has 0 spiro atoms. The van der Waals surface area contributed by atoms with Crippen LogP contribution in [0.1, 0.15) is 5.76 Å². The number of rotatable bonds is 3. The number of ether oxygens (including phenoxy) is 2. The first-order valence-corrected chi connectivity index (χ1v) is 3.40. The van der Waals surface area contributed by atoms with Crippen LogP contribution in [0.5, 0.6) is 0 Å². The lowest BCUT2D eigenvalue weighted by Gasteiger charge is -1.99. The van der Waals surface area contributed by atoms with Crippen LogP contribution in [0, 0.1) is 6.42 Å². The van der Waals surface area contributed by atoms with Gasteiger partial charge in [0, 0.05) is 0 Å². The third-order valence-electron chi connectivity index (χ3n) is 1.20. The Morgan fingerprint density at radius 2 is 2.58 bits per heavy atom. The lowest BCUT2D eigenvalue weighted by Crippen LogP contribution is -2.05. The van der Waals surface area contributed by atoms with Crippen LogP contribution >= 0.6 is 0 Å². The Hall–Kier alpha value is -1.45. The van der Waals surface area contributed by atoms with Gasteiger partial charge in [-0.3, -0.25) is 0 Å². The Bertz CT molecular complexity index is 227. The zero-order valence-electron chi connectivity index (χ0n) is 6.65. The van der Waals surface area contributed by atoms with Crippen molar-refractivity contribution in [2.75, 3.05) is 13.7 Å². The number of hydrogen-bond acceptors (Lipinski definition) is 4. The zero-order valence-corrected chi connectivity index (χ0v) is 6.65. The molecular weight excluding hydrogens is 160 g/mol. The molecule has 1 aromatic rings. The minimum Gasteiger partial charge on any atom is -0.469 e. The van der Waals surface area contributed by atoms with Gasteiger partial charge in [0.15, 0.2) is 0 Å². The molecule has 0 saturated heterocycles. The fourth-order valence-corrected chi connectivity index (χ4v) is 0.658. The monoisotopic (exact) mass is 169 g/mol. The molecule has 0 bridgehead atoms. The van der Waals surface area contributed by atoms with Gasteiger partial charge in [0.25, 0.3) is 0 Å². The van der Waals surface area contributed by atoms with Gasteiger partial charge in [-0.15, -0.1) is 0 Å². The third-order valence-corrected chi connectivity index (χ3v) is 1.20. The minimum absolute atomic E-state index is 0.153. The van der Waals surface area contributed by atoms with E-state index in [4.69, 9.17) is 4.42 Å². The predicted molar refractivity (Wildman–Crippen MR) is 40.5 cm³/mol. The highest BCUT2D eigenvalue weighted by Crippen LogP contribution is 2.02. The van der Waals surface area contributed by atoms with E-state index in [0.29, 0.717) is 5.76 Å². The highest BCUT2D eigenvalue weighted by atomic mass is 16.7. The van der Waals surface area contributed by atoms with Crippen molar-refractivity contribution in [3.63, 3.8) is 0 Å². The average molecular weight is 169 g/mol. The van der Waals surface area contributed by atoms with Crippen molar-refractivity contribution in [3.8, 4) is 0 Å². The van der Waals surface area contributed by atoms with Gasteiger partial charge < -0.3 is 13.9 Å². The van der Waals surface area contributed by atoms with Gasteiger partial charge in [-0.25, -0.2) is 4.79 Å². The van der Waals surface area contributed by atoms with E-state index in [2.05, 4.69) is 9.47 Å². The normalized spacial score (nSPS) is 9.42. The quantitative estimate of drug-likeness (QED) is 0.645. The van der Waals surface area contributed by atoms with E-state index in [1.54, 1.807) is 24.8 Å². The lowest BCUT2D eigenvalue weighted by molar-refractivity contribution is 0.0793. The molecule has 0 aromatic carbocycles. The van der Waals surface area contributed by atoms with Crippen LogP contribution in [0.15, 0.2) is 22.8 Å². The summed E-state index contributed by atoms with van der Waals surface area (Å²) in [5.41, 5.74) is 0. The Morgan fingerprint density at radius 3 is 3.17 bits per heavy atom. The molecule has 0 aliphatic carbocycles. The molecule has 0 atom stereocenters. The average Bonchev–Trinajstić information content (AvgIpc) is 2.57. The van der Waals surface area contributed by atoms with E-state index < -0.39 is 6.16 Å². The van der Waals surface area contributed by atoms with Crippen molar-refractivity contribution >= 4 is 6.16 Å². The summed E-state index contributed by atoms with van der Waals surface area (Å²) in [6.45, 7) is 0.153. The maximum atomic E-state index is 10.4. The highest BCUT2D eigenvalue weighted by Gasteiger charge is 2.01.